The lowest BCUT2D eigenvalue weighted by Crippen LogP contribution is -2.15. The zero-order valence-corrected chi connectivity index (χ0v) is 18.4. The quantitative estimate of drug-likeness (QED) is 0.279. The van der Waals surface area contributed by atoms with E-state index >= 15 is 0 Å². The highest BCUT2D eigenvalue weighted by atomic mass is 32.2. The Kier molecular flexibility index (Phi) is 6.23. The van der Waals surface area contributed by atoms with E-state index in [1.54, 1.807) is 37.6 Å². The summed E-state index contributed by atoms with van der Waals surface area (Å²) in [6, 6.07) is 19.2. The Balaban J connectivity index is 1.63. The van der Waals surface area contributed by atoms with E-state index in [9.17, 15) is 4.79 Å². The van der Waals surface area contributed by atoms with Crippen LogP contribution >= 0.6 is 11.8 Å². The molecule has 2 aromatic heterocycles. The number of nitrogens with zero attached hydrogens (tertiary/aromatic N) is 3. The molecule has 6 nitrogen and oxygen atoms in total. The Morgan fingerprint density at radius 2 is 1.84 bits per heavy atom. The molecule has 7 heteroatoms. The fraction of sp³-hybridized carbons (Fsp3) is 0.208. The summed E-state index contributed by atoms with van der Waals surface area (Å²) in [6.07, 6.45) is 1.65. The number of benzene rings is 2. The van der Waals surface area contributed by atoms with E-state index < -0.39 is 0 Å². The van der Waals surface area contributed by atoms with Crippen molar-refractivity contribution in [2.75, 3.05) is 7.11 Å². The van der Waals surface area contributed by atoms with E-state index in [0.717, 1.165) is 28.5 Å². The predicted octanol–water partition coefficient (Wildman–Crippen LogP) is 5.27. The third-order valence-electron chi connectivity index (χ3n) is 5.03. The third-order valence-corrected chi connectivity index (χ3v) is 6.11. The Hall–Kier alpha value is -3.32. The predicted molar refractivity (Wildman–Crippen MR) is 121 cm³/mol. The zero-order valence-electron chi connectivity index (χ0n) is 17.6. The Morgan fingerprint density at radius 3 is 2.48 bits per heavy atom. The number of aryl methyl sites for hydroxylation is 1. The van der Waals surface area contributed by atoms with Crippen molar-refractivity contribution < 1.29 is 13.9 Å². The zero-order chi connectivity index (χ0) is 21.8. The van der Waals surface area contributed by atoms with E-state index in [2.05, 4.69) is 22.3 Å². The average molecular weight is 434 g/mol. The van der Waals surface area contributed by atoms with Gasteiger partial charge in [0.25, 0.3) is 0 Å². The summed E-state index contributed by atoms with van der Waals surface area (Å²) in [5.74, 6) is 2.25. The number of carbonyl (C=O) groups excluding carboxylic acids is 1. The van der Waals surface area contributed by atoms with Gasteiger partial charge < -0.3 is 9.15 Å². The molecule has 31 heavy (non-hydrogen) atoms. The number of aromatic nitrogens is 3. The van der Waals surface area contributed by atoms with Crippen molar-refractivity contribution in [2.24, 2.45) is 0 Å². The fourth-order valence-corrected chi connectivity index (χ4v) is 4.23. The van der Waals surface area contributed by atoms with Crippen LogP contribution in [0.15, 0.2) is 76.5 Å². The maximum Gasteiger partial charge on any atom is 0.192 e. The summed E-state index contributed by atoms with van der Waals surface area (Å²) in [5, 5.41) is 9.20. The number of hydrogen-bond donors (Lipinski definition) is 0. The molecule has 0 N–H and O–H groups in total. The van der Waals surface area contributed by atoms with E-state index in [-0.39, 0.29) is 11.0 Å². The van der Waals surface area contributed by atoms with E-state index in [1.807, 2.05) is 42.7 Å². The third kappa shape index (κ3) is 4.56. The van der Waals surface area contributed by atoms with Gasteiger partial charge in [-0.05, 0) is 49.7 Å². The van der Waals surface area contributed by atoms with Crippen LogP contribution in [0.2, 0.25) is 0 Å². The molecule has 0 bridgehead atoms. The van der Waals surface area contributed by atoms with Crippen molar-refractivity contribution in [1.29, 1.82) is 0 Å². The van der Waals surface area contributed by atoms with Gasteiger partial charge in [0.1, 0.15) is 11.5 Å². The van der Waals surface area contributed by atoms with Crippen LogP contribution in [-0.4, -0.2) is 32.9 Å². The van der Waals surface area contributed by atoms with Gasteiger partial charge in [-0.15, -0.1) is 10.2 Å². The lowest BCUT2D eigenvalue weighted by atomic mass is 10.1. The molecule has 0 saturated carbocycles. The smallest absolute Gasteiger partial charge is 0.192 e. The Morgan fingerprint density at radius 1 is 1.10 bits per heavy atom. The summed E-state index contributed by atoms with van der Waals surface area (Å²) < 4.78 is 12.7. The van der Waals surface area contributed by atoms with Crippen molar-refractivity contribution in [3.8, 4) is 17.1 Å². The largest absolute Gasteiger partial charge is 0.497 e. The molecular formula is C24H23N3O3S. The van der Waals surface area contributed by atoms with Crippen molar-refractivity contribution in [1.82, 2.24) is 14.8 Å². The van der Waals surface area contributed by atoms with Crippen LogP contribution in [0.4, 0.5) is 0 Å². The first kappa shape index (κ1) is 20.9. The van der Waals surface area contributed by atoms with Crippen LogP contribution < -0.4 is 4.74 Å². The van der Waals surface area contributed by atoms with Gasteiger partial charge in [-0.1, -0.05) is 42.1 Å². The van der Waals surface area contributed by atoms with Gasteiger partial charge in [0.2, 0.25) is 0 Å². The minimum Gasteiger partial charge on any atom is -0.497 e. The molecular weight excluding hydrogens is 410 g/mol. The molecule has 0 amide bonds. The molecule has 0 radical (unpaired) electrons. The number of furan rings is 1. The van der Waals surface area contributed by atoms with E-state index in [0.29, 0.717) is 17.3 Å². The summed E-state index contributed by atoms with van der Waals surface area (Å²) in [6.45, 7) is 4.39. The lowest BCUT2D eigenvalue weighted by Gasteiger charge is -2.13. The standard InChI is InChI=1S/C24H23N3O3S/c1-16-21(13-14-30-16)23-25-26-24(27(23)15-18-7-5-4-6-8-18)31-17(2)22(28)19-9-11-20(29-3)12-10-19/h4-14,17H,15H2,1-3H3/t17-/m1/s1. The molecule has 2 heterocycles. The number of thioether (sulfide) groups is 1. The van der Waals surface area contributed by atoms with Gasteiger partial charge in [0.05, 0.1) is 30.7 Å². The normalized spacial score (nSPS) is 12.0. The Bertz CT molecular complexity index is 1170. The van der Waals surface area contributed by atoms with Gasteiger partial charge >= 0.3 is 0 Å². The number of Topliss-reactive ketones (excluding diaryl/α,β-unsaturated/α-hetero) is 1. The highest BCUT2D eigenvalue weighted by molar-refractivity contribution is 8.00. The van der Waals surface area contributed by atoms with E-state index in [1.165, 1.54) is 11.8 Å². The van der Waals surface area contributed by atoms with Crippen molar-refractivity contribution >= 4 is 17.5 Å². The number of ether oxygens (including phenoxy) is 1. The molecule has 2 aromatic carbocycles. The minimum atomic E-state index is -0.328. The molecule has 4 aromatic rings. The van der Waals surface area contributed by atoms with Crippen LogP contribution in [-0.2, 0) is 6.54 Å². The van der Waals surface area contributed by atoms with Gasteiger partial charge in [-0.3, -0.25) is 9.36 Å². The van der Waals surface area contributed by atoms with Crippen molar-refractivity contribution in [3.63, 3.8) is 0 Å². The van der Waals surface area contributed by atoms with Crippen LogP contribution in [0.5, 0.6) is 5.75 Å². The fourth-order valence-electron chi connectivity index (χ4n) is 3.30. The van der Waals surface area contributed by atoms with Crippen LogP contribution in [0, 0.1) is 6.92 Å². The molecule has 0 fully saturated rings. The lowest BCUT2D eigenvalue weighted by molar-refractivity contribution is 0.0994. The van der Waals surface area contributed by atoms with Crippen molar-refractivity contribution in [3.05, 3.63) is 83.8 Å². The SMILES string of the molecule is COc1ccc(C(=O)[C@@H](C)Sc2nnc(-c3ccoc3C)n2Cc2ccccc2)cc1. The highest BCUT2D eigenvalue weighted by Crippen LogP contribution is 2.31. The number of rotatable bonds is 8. The first-order valence-electron chi connectivity index (χ1n) is 9.93. The van der Waals surface area contributed by atoms with Gasteiger partial charge in [-0.2, -0.15) is 0 Å². The number of ketones is 1. The molecule has 158 valence electrons. The first-order chi connectivity index (χ1) is 15.1. The second-order valence-electron chi connectivity index (χ2n) is 7.12. The second kappa shape index (κ2) is 9.22. The van der Waals surface area contributed by atoms with Crippen LogP contribution in [0.25, 0.3) is 11.4 Å². The summed E-state index contributed by atoms with van der Waals surface area (Å²) >= 11 is 1.40. The number of hydrogen-bond acceptors (Lipinski definition) is 6. The molecule has 0 aliphatic rings. The molecule has 0 spiro atoms. The number of carbonyl (C=O) groups is 1. The summed E-state index contributed by atoms with van der Waals surface area (Å²) in [4.78, 5) is 13.0. The van der Waals surface area contributed by atoms with E-state index in [4.69, 9.17) is 9.15 Å². The topological polar surface area (TPSA) is 70.2 Å². The molecule has 0 saturated heterocycles. The molecule has 1 atom stereocenters. The van der Waals surface area contributed by atoms with Gasteiger partial charge in [0.15, 0.2) is 16.8 Å². The van der Waals surface area contributed by atoms with Crippen LogP contribution in [0.1, 0.15) is 28.6 Å². The van der Waals surface area contributed by atoms with Crippen LogP contribution in [0.3, 0.4) is 0 Å². The average Bonchev–Trinajstić information content (AvgIpc) is 3.39. The molecule has 0 unspecified atom stereocenters. The maximum atomic E-state index is 13.0. The minimum absolute atomic E-state index is 0.0305. The summed E-state index contributed by atoms with van der Waals surface area (Å²) in [5.41, 5.74) is 2.66. The first-order valence-corrected chi connectivity index (χ1v) is 10.8. The molecule has 4 rings (SSSR count). The Labute approximate surface area is 185 Å². The van der Waals surface area contributed by atoms with Gasteiger partial charge in [0, 0.05) is 5.56 Å². The van der Waals surface area contributed by atoms with Gasteiger partial charge in [-0.25, -0.2) is 0 Å². The van der Waals surface area contributed by atoms with Crippen molar-refractivity contribution in [2.45, 2.75) is 30.8 Å². The molecule has 0 aliphatic heterocycles. The number of methoxy groups -OCH3 is 1. The highest BCUT2D eigenvalue weighted by Gasteiger charge is 2.23. The second-order valence-corrected chi connectivity index (χ2v) is 8.43. The maximum absolute atomic E-state index is 13.0. The molecule has 0 aliphatic carbocycles. The monoisotopic (exact) mass is 433 g/mol. The summed E-state index contributed by atoms with van der Waals surface area (Å²) in [7, 11) is 1.61.